The zero-order chi connectivity index (χ0) is 10.7. The zero-order valence-electron chi connectivity index (χ0n) is 9.20. The van der Waals surface area contributed by atoms with Gasteiger partial charge in [-0.1, -0.05) is 6.07 Å². The van der Waals surface area contributed by atoms with Gasteiger partial charge in [-0.25, -0.2) is 4.98 Å². The summed E-state index contributed by atoms with van der Waals surface area (Å²) in [7, 11) is 0. The fraction of sp³-hybridized carbons (Fsp3) is 0.583. The van der Waals surface area contributed by atoms with Gasteiger partial charge < -0.3 is 10.5 Å². The molecule has 0 atom stereocenters. The van der Waals surface area contributed by atoms with Crippen LogP contribution in [-0.4, -0.2) is 11.1 Å². The molecule has 0 unspecified atom stereocenters. The minimum Gasteiger partial charge on any atom is -0.474 e. The van der Waals surface area contributed by atoms with E-state index in [4.69, 9.17) is 10.5 Å². The number of aromatic nitrogens is 1. The lowest BCUT2D eigenvalue weighted by Gasteiger charge is -2.13. The summed E-state index contributed by atoms with van der Waals surface area (Å²) < 4.78 is 5.80. The summed E-state index contributed by atoms with van der Waals surface area (Å²) in [6.45, 7) is 2.52. The standard InChI is InChI=1S/C12H18N2O/c1-9-10(8-13)6-7-12(14-9)15-11-4-2-3-5-11/h6-7,11H,2-5,8,13H2,1H3. The normalized spacial score (nSPS) is 16.9. The van der Waals surface area contributed by atoms with Crippen molar-refractivity contribution < 1.29 is 4.74 Å². The third kappa shape index (κ3) is 2.48. The molecule has 0 aromatic carbocycles. The van der Waals surface area contributed by atoms with Gasteiger partial charge in [0.05, 0.1) is 0 Å². The molecule has 1 saturated carbocycles. The Morgan fingerprint density at radius 1 is 1.40 bits per heavy atom. The molecule has 1 heterocycles. The van der Waals surface area contributed by atoms with Crippen LogP contribution in [0.1, 0.15) is 36.9 Å². The molecule has 0 radical (unpaired) electrons. The summed E-state index contributed by atoms with van der Waals surface area (Å²) in [4.78, 5) is 4.41. The van der Waals surface area contributed by atoms with E-state index < -0.39 is 0 Å². The molecule has 3 heteroatoms. The third-order valence-corrected chi connectivity index (χ3v) is 2.98. The summed E-state index contributed by atoms with van der Waals surface area (Å²) >= 11 is 0. The number of aryl methyl sites for hydroxylation is 1. The SMILES string of the molecule is Cc1nc(OC2CCCC2)ccc1CN. The van der Waals surface area contributed by atoms with Gasteiger partial charge in [-0.15, -0.1) is 0 Å². The molecular weight excluding hydrogens is 188 g/mol. The molecule has 82 valence electrons. The van der Waals surface area contributed by atoms with Crippen molar-refractivity contribution in [1.29, 1.82) is 0 Å². The quantitative estimate of drug-likeness (QED) is 0.824. The van der Waals surface area contributed by atoms with E-state index in [0.29, 0.717) is 12.6 Å². The van der Waals surface area contributed by atoms with Gasteiger partial charge in [-0.3, -0.25) is 0 Å². The van der Waals surface area contributed by atoms with E-state index in [-0.39, 0.29) is 0 Å². The van der Waals surface area contributed by atoms with Gasteiger partial charge in [-0.05, 0) is 38.2 Å². The van der Waals surface area contributed by atoms with E-state index in [1.54, 1.807) is 0 Å². The van der Waals surface area contributed by atoms with E-state index in [1.165, 1.54) is 25.7 Å². The highest BCUT2D eigenvalue weighted by atomic mass is 16.5. The van der Waals surface area contributed by atoms with Crippen molar-refractivity contribution in [3.8, 4) is 5.88 Å². The Bertz CT molecular complexity index is 332. The molecule has 0 aliphatic heterocycles. The van der Waals surface area contributed by atoms with Crippen LogP contribution >= 0.6 is 0 Å². The number of hydrogen-bond acceptors (Lipinski definition) is 3. The molecule has 2 N–H and O–H groups in total. The van der Waals surface area contributed by atoms with Crippen LogP contribution in [0.3, 0.4) is 0 Å². The number of nitrogens with two attached hydrogens (primary N) is 1. The Hall–Kier alpha value is -1.09. The fourth-order valence-electron chi connectivity index (χ4n) is 2.03. The molecule has 15 heavy (non-hydrogen) atoms. The van der Waals surface area contributed by atoms with E-state index in [2.05, 4.69) is 4.98 Å². The summed E-state index contributed by atoms with van der Waals surface area (Å²) in [5.41, 5.74) is 7.65. The lowest BCUT2D eigenvalue weighted by Crippen LogP contribution is -2.12. The van der Waals surface area contributed by atoms with Crippen molar-refractivity contribution in [3.05, 3.63) is 23.4 Å². The lowest BCUT2D eigenvalue weighted by atomic mass is 10.2. The predicted octanol–water partition coefficient (Wildman–Crippen LogP) is 2.17. The van der Waals surface area contributed by atoms with Gasteiger partial charge in [0.15, 0.2) is 0 Å². The zero-order valence-corrected chi connectivity index (χ0v) is 9.20. The molecule has 0 saturated heterocycles. The first-order valence-corrected chi connectivity index (χ1v) is 5.63. The molecule has 3 nitrogen and oxygen atoms in total. The molecule has 0 amide bonds. The number of pyridine rings is 1. The second-order valence-electron chi connectivity index (χ2n) is 4.12. The first kappa shape index (κ1) is 10.4. The van der Waals surface area contributed by atoms with E-state index in [9.17, 15) is 0 Å². The van der Waals surface area contributed by atoms with Gasteiger partial charge in [0, 0.05) is 18.3 Å². The highest BCUT2D eigenvalue weighted by Gasteiger charge is 2.17. The minimum absolute atomic E-state index is 0.376. The van der Waals surface area contributed by atoms with Crippen LogP contribution in [0.15, 0.2) is 12.1 Å². The largest absolute Gasteiger partial charge is 0.474 e. The molecule has 0 bridgehead atoms. The Morgan fingerprint density at radius 2 is 2.13 bits per heavy atom. The Kier molecular flexibility index (Phi) is 3.21. The van der Waals surface area contributed by atoms with Gasteiger partial charge >= 0.3 is 0 Å². The number of ether oxygens (including phenoxy) is 1. The minimum atomic E-state index is 0.376. The van der Waals surface area contributed by atoms with Crippen LogP contribution in [0.4, 0.5) is 0 Å². The van der Waals surface area contributed by atoms with Crippen molar-refractivity contribution in [2.75, 3.05) is 0 Å². The average molecular weight is 206 g/mol. The molecular formula is C12H18N2O. The van der Waals surface area contributed by atoms with Gasteiger partial charge in [0.1, 0.15) is 6.10 Å². The molecule has 1 aromatic heterocycles. The Morgan fingerprint density at radius 3 is 2.73 bits per heavy atom. The summed E-state index contributed by atoms with van der Waals surface area (Å²) in [5.74, 6) is 0.747. The highest BCUT2D eigenvalue weighted by molar-refractivity contribution is 5.24. The van der Waals surface area contributed by atoms with Crippen LogP contribution < -0.4 is 10.5 Å². The maximum atomic E-state index is 5.80. The summed E-state index contributed by atoms with van der Waals surface area (Å²) in [6, 6.07) is 3.93. The Labute approximate surface area is 90.7 Å². The molecule has 1 aliphatic rings. The first-order chi connectivity index (χ1) is 7.29. The predicted molar refractivity (Wildman–Crippen MR) is 59.7 cm³/mol. The summed E-state index contributed by atoms with van der Waals surface area (Å²) in [5, 5.41) is 0. The molecule has 1 aromatic rings. The van der Waals surface area contributed by atoms with Crippen LogP contribution in [0, 0.1) is 6.92 Å². The van der Waals surface area contributed by atoms with Crippen molar-refractivity contribution >= 4 is 0 Å². The monoisotopic (exact) mass is 206 g/mol. The average Bonchev–Trinajstić information content (AvgIpc) is 2.71. The van der Waals surface area contributed by atoms with Gasteiger partial charge in [0.2, 0.25) is 5.88 Å². The van der Waals surface area contributed by atoms with E-state index in [0.717, 1.165) is 17.1 Å². The second-order valence-corrected chi connectivity index (χ2v) is 4.12. The second kappa shape index (κ2) is 4.62. The summed E-state index contributed by atoms with van der Waals surface area (Å²) in [6.07, 6.45) is 5.27. The highest BCUT2D eigenvalue weighted by Crippen LogP contribution is 2.23. The van der Waals surface area contributed by atoms with Crippen LogP contribution in [-0.2, 0) is 6.54 Å². The number of nitrogens with zero attached hydrogens (tertiary/aromatic N) is 1. The van der Waals surface area contributed by atoms with Crippen molar-refractivity contribution in [2.45, 2.75) is 45.3 Å². The van der Waals surface area contributed by atoms with Crippen LogP contribution in [0.5, 0.6) is 5.88 Å². The van der Waals surface area contributed by atoms with Crippen molar-refractivity contribution in [1.82, 2.24) is 4.98 Å². The molecule has 0 spiro atoms. The van der Waals surface area contributed by atoms with Gasteiger partial charge in [0.25, 0.3) is 0 Å². The number of hydrogen-bond donors (Lipinski definition) is 1. The van der Waals surface area contributed by atoms with Crippen LogP contribution in [0.25, 0.3) is 0 Å². The smallest absolute Gasteiger partial charge is 0.213 e. The molecule has 2 rings (SSSR count). The van der Waals surface area contributed by atoms with E-state index >= 15 is 0 Å². The van der Waals surface area contributed by atoms with Gasteiger partial charge in [-0.2, -0.15) is 0 Å². The van der Waals surface area contributed by atoms with Crippen molar-refractivity contribution in [3.63, 3.8) is 0 Å². The lowest BCUT2D eigenvalue weighted by molar-refractivity contribution is 0.201. The maximum absolute atomic E-state index is 5.80. The molecule has 1 aliphatic carbocycles. The Balaban J connectivity index is 2.05. The van der Waals surface area contributed by atoms with E-state index in [1.807, 2.05) is 19.1 Å². The molecule has 1 fully saturated rings. The van der Waals surface area contributed by atoms with Crippen LogP contribution in [0.2, 0.25) is 0 Å². The number of rotatable bonds is 3. The third-order valence-electron chi connectivity index (χ3n) is 2.98. The van der Waals surface area contributed by atoms with Crippen molar-refractivity contribution in [2.24, 2.45) is 5.73 Å². The topological polar surface area (TPSA) is 48.1 Å². The fourth-order valence-corrected chi connectivity index (χ4v) is 2.03. The first-order valence-electron chi connectivity index (χ1n) is 5.63. The maximum Gasteiger partial charge on any atom is 0.213 e.